The highest BCUT2D eigenvalue weighted by Gasteiger charge is 2.12. The number of benzene rings is 1. The van der Waals surface area contributed by atoms with Gasteiger partial charge in [0.25, 0.3) is 0 Å². The maximum atomic E-state index is 11.4. The first-order valence-electron chi connectivity index (χ1n) is 4.87. The molecule has 1 rings (SSSR count). The van der Waals surface area contributed by atoms with Crippen molar-refractivity contribution in [3.05, 3.63) is 35.9 Å². The summed E-state index contributed by atoms with van der Waals surface area (Å²) >= 11 is 5.45. The Balaban J connectivity index is 0.00000225. The number of amides is 1. The number of nitrogens with one attached hydrogen (secondary N) is 1. The first-order valence-corrected chi connectivity index (χ1v) is 5.40. The summed E-state index contributed by atoms with van der Waals surface area (Å²) in [6.45, 7) is 0.461. The van der Waals surface area contributed by atoms with Crippen LogP contribution in [0.5, 0.6) is 0 Å². The zero-order valence-electron chi connectivity index (χ0n) is 8.86. The summed E-state index contributed by atoms with van der Waals surface area (Å²) in [6, 6.07) is 9.19. The van der Waals surface area contributed by atoms with E-state index in [0.717, 1.165) is 5.56 Å². The van der Waals surface area contributed by atoms with Crippen molar-refractivity contribution in [3.8, 4) is 0 Å². The maximum absolute atomic E-state index is 11.4. The monoisotopic (exact) mass is 262 g/mol. The standard InChI is InChI=1S/C11H15ClN2O.ClH/c12-6-7-14-11(15)10(13)8-9-4-2-1-3-5-9;/h1-5,10H,6-8,13H2,(H,14,15);1H. The van der Waals surface area contributed by atoms with Crippen LogP contribution >= 0.6 is 24.0 Å². The zero-order chi connectivity index (χ0) is 11.1. The summed E-state index contributed by atoms with van der Waals surface area (Å²) in [5.74, 6) is 0.253. The van der Waals surface area contributed by atoms with Gasteiger partial charge in [-0.1, -0.05) is 30.3 Å². The molecule has 0 bridgehead atoms. The van der Waals surface area contributed by atoms with Crippen LogP contribution in [0.15, 0.2) is 30.3 Å². The van der Waals surface area contributed by atoms with Crippen molar-refractivity contribution in [3.63, 3.8) is 0 Å². The van der Waals surface area contributed by atoms with Gasteiger partial charge in [-0.25, -0.2) is 0 Å². The highest BCUT2D eigenvalue weighted by atomic mass is 35.5. The van der Waals surface area contributed by atoms with Gasteiger partial charge in [0.05, 0.1) is 6.04 Å². The van der Waals surface area contributed by atoms with Gasteiger partial charge in [-0.05, 0) is 12.0 Å². The predicted octanol–water partition coefficient (Wildman–Crippen LogP) is 1.33. The van der Waals surface area contributed by atoms with Crippen LogP contribution in [0.25, 0.3) is 0 Å². The van der Waals surface area contributed by atoms with E-state index in [1.165, 1.54) is 0 Å². The molecule has 16 heavy (non-hydrogen) atoms. The Morgan fingerprint density at radius 1 is 1.38 bits per heavy atom. The minimum absolute atomic E-state index is 0. The molecule has 3 N–H and O–H groups in total. The lowest BCUT2D eigenvalue weighted by molar-refractivity contribution is -0.122. The predicted molar refractivity (Wildman–Crippen MR) is 69.1 cm³/mol. The number of alkyl halides is 1. The molecule has 0 aliphatic heterocycles. The Morgan fingerprint density at radius 2 is 2.00 bits per heavy atom. The highest BCUT2D eigenvalue weighted by molar-refractivity contribution is 6.18. The van der Waals surface area contributed by atoms with E-state index < -0.39 is 6.04 Å². The number of hydrogen-bond donors (Lipinski definition) is 2. The van der Waals surface area contributed by atoms with Gasteiger partial charge in [0.15, 0.2) is 0 Å². The van der Waals surface area contributed by atoms with Crippen LogP contribution in [0.1, 0.15) is 5.56 Å². The molecule has 1 amide bonds. The van der Waals surface area contributed by atoms with Crippen LogP contribution in [-0.4, -0.2) is 24.4 Å². The lowest BCUT2D eigenvalue weighted by atomic mass is 10.1. The van der Waals surface area contributed by atoms with Crippen molar-refractivity contribution in [2.45, 2.75) is 12.5 Å². The van der Waals surface area contributed by atoms with E-state index in [9.17, 15) is 4.79 Å². The molecule has 1 aromatic carbocycles. The summed E-state index contributed by atoms with van der Waals surface area (Å²) < 4.78 is 0. The van der Waals surface area contributed by atoms with Crippen molar-refractivity contribution in [2.75, 3.05) is 12.4 Å². The second kappa shape index (κ2) is 8.39. The Bertz CT molecular complexity index is 306. The van der Waals surface area contributed by atoms with Crippen molar-refractivity contribution in [1.29, 1.82) is 0 Å². The minimum Gasteiger partial charge on any atom is -0.354 e. The maximum Gasteiger partial charge on any atom is 0.237 e. The Kier molecular flexibility index (Phi) is 7.99. The molecule has 0 aliphatic rings. The molecule has 1 unspecified atom stereocenters. The average molecular weight is 263 g/mol. The molecule has 3 nitrogen and oxygen atoms in total. The topological polar surface area (TPSA) is 55.1 Å². The van der Waals surface area contributed by atoms with Crippen LogP contribution in [0.4, 0.5) is 0 Å². The first kappa shape index (κ1) is 15.2. The molecule has 90 valence electrons. The van der Waals surface area contributed by atoms with Crippen LogP contribution in [-0.2, 0) is 11.2 Å². The summed E-state index contributed by atoms with van der Waals surface area (Å²) in [4.78, 5) is 11.4. The van der Waals surface area contributed by atoms with Crippen molar-refractivity contribution in [1.82, 2.24) is 5.32 Å². The van der Waals surface area contributed by atoms with E-state index in [0.29, 0.717) is 18.8 Å². The SMILES string of the molecule is Cl.NC(Cc1ccccc1)C(=O)NCCCl. The van der Waals surface area contributed by atoms with E-state index in [1.54, 1.807) is 0 Å². The van der Waals surface area contributed by atoms with Gasteiger partial charge in [0.2, 0.25) is 5.91 Å². The minimum atomic E-state index is -0.504. The van der Waals surface area contributed by atoms with Crippen LogP contribution < -0.4 is 11.1 Å². The van der Waals surface area contributed by atoms with E-state index >= 15 is 0 Å². The summed E-state index contributed by atoms with van der Waals surface area (Å²) in [7, 11) is 0. The van der Waals surface area contributed by atoms with E-state index in [1.807, 2.05) is 30.3 Å². The van der Waals surface area contributed by atoms with E-state index in [2.05, 4.69) is 5.32 Å². The highest BCUT2D eigenvalue weighted by Crippen LogP contribution is 2.01. The van der Waals surface area contributed by atoms with E-state index in [-0.39, 0.29) is 18.3 Å². The summed E-state index contributed by atoms with van der Waals surface area (Å²) in [5, 5.41) is 2.66. The Labute approximate surface area is 107 Å². The molecule has 1 aromatic rings. The fraction of sp³-hybridized carbons (Fsp3) is 0.364. The largest absolute Gasteiger partial charge is 0.354 e. The van der Waals surface area contributed by atoms with Gasteiger partial charge in [0.1, 0.15) is 0 Å². The molecule has 0 aromatic heterocycles. The molecule has 0 aliphatic carbocycles. The third-order valence-electron chi connectivity index (χ3n) is 2.03. The molecule has 1 atom stereocenters. The number of halogens is 2. The first-order chi connectivity index (χ1) is 7.24. The van der Waals surface area contributed by atoms with E-state index in [4.69, 9.17) is 17.3 Å². The molecular formula is C11H16Cl2N2O. The fourth-order valence-corrected chi connectivity index (χ4v) is 1.36. The number of nitrogens with two attached hydrogens (primary N) is 1. The smallest absolute Gasteiger partial charge is 0.237 e. The third kappa shape index (κ3) is 5.35. The summed E-state index contributed by atoms with van der Waals surface area (Å²) in [5.41, 5.74) is 6.80. The second-order valence-electron chi connectivity index (χ2n) is 3.28. The normalized spacial score (nSPS) is 11.4. The molecule has 5 heteroatoms. The molecule has 0 saturated heterocycles. The molecular weight excluding hydrogens is 247 g/mol. The lowest BCUT2D eigenvalue weighted by Crippen LogP contribution is -2.42. The molecule has 0 fully saturated rings. The quantitative estimate of drug-likeness (QED) is 0.787. The second-order valence-corrected chi connectivity index (χ2v) is 3.65. The van der Waals surface area contributed by atoms with Gasteiger partial charge >= 0.3 is 0 Å². The van der Waals surface area contributed by atoms with Gasteiger partial charge in [-0.15, -0.1) is 24.0 Å². The van der Waals surface area contributed by atoms with Crippen molar-refractivity contribution < 1.29 is 4.79 Å². The fourth-order valence-electron chi connectivity index (χ4n) is 1.26. The van der Waals surface area contributed by atoms with Crippen molar-refractivity contribution in [2.24, 2.45) is 5.73 Å². The van der Waals surface area contributed by atoms with Crippen LogP contribution in [0.3, 0.4) is 0 Å². The van der Waals surface area contributed by atoms with Crippen LogP contribution in [0.2, 0.25) is 0 Å². The Hall–Kier alpha value is -0.770. The van der Waals surface area contributed by atoms with Crippen molar-refractivity contribution >= 4 is 29.9 Å². The number of carbonyl (C=O) groups is 1. The van der Waals surface area contributed by atoms with Gasteiger partial charge in [0, 0.05) is 12.4 Å². The number of carbonyl (C=O) groups excluding carboxylic acids is 1. The molecule has 0 radical (unpaired) electrons. The Morgan fingerprint density at radius 3 is 2.56 bits per heavy atom. The molecule has 0 saturated carbocycles. The molecule has 0 spiro atoms. The lowest BCUT2D eigenvalue weighted by Gasteiger charge is -2.11. The number of rotatable bonds is 5. The summed E-state index contributed by atoms with van der Waals surface area (Å²) in [6.07, 6.45) is 0.551. The average Bonchev–Trinajstić information content (AvgIpc) is 2.27. The van der Waals surface area contributed by atoms with Gasteiger partial charge in [-0.3, -0.25) is 4.79 Å². The van der Waals surface area contributed by atoms with Gasteiger partial charge < -0.3 is 11.1 Å². The zero-order valence-corrected chi connectivity index (χ0v) is 10.4. The van der Waals surface area contributed by atoms with Crippen LogP contribution in [0, 0.1) is 0 Å². The van der Waals surface area contributed by atoms with Gasteiger partial charge in [-0.2, -0.15) is 0 Å². The third-order valence-corrected chi connectivity index (χ3v) is 2.22. The number of hydrogen-bond acceptors (Lipinski definition) is 2. The molecule has 0 heterocycles.